The molecule has 0 aromatic heterocycles. The SMILES string of the molecule is CC(C)[Si](C1=Cc2ccccc2N=S1(=O)c1ccccc1)(C(C)C)C(C)C. The Hall–Kier alpha value is -1.65. The summed E-state index contributed by atoms with van der Waals surface area (Å²) in [6.45, 7) is 13.9. The van der Waals surface area contributed by atoms with Crippen molar-refractivity contribution in [1.29, 1.82) is 0 Å². The first-order valence-electron chi connectivity index (χ1n) is 9.88. The van der Waals surface area contributed by atoms with Crippen LogP contribution in [0.5, 0.6) is 0 Å². The highest BCUT2D eigenvalue weighted by molar-refractivity contribution is 8.00. The van der Waals surface area contributed by atoms with Crippen LogP contribution >= 0.6 is 0 Å². The Labute approximate surface area is 165 Å². The van der Waals surface area contributed by atoms with Crippen LogP contribution in [-0.4, -0.2) is 12.3 Å². The van der Waals surface area contributed by atoms with Crippen molar-refractivity contribution in [3.05, 3.63) is 64.7 Å². The summed E-state index contributed by atoms with van der Waals surface area (Å²) in [4.78, 5) is 0.838. The summed E-state index contributed by atoms with van der Waals surface area (Å²) in [7, 11) is -4.79. The van der Waals surface area contributed by atoms with Gasteiger partial charge in [0.1, 0.15) is 17.8 Å². The molecule has 0 radical (unpaired) electrons. The lowest BCUT2D eigenvalue weighted by Gasteiger charge is -2.46. The molecule has 144 valence electrons. The minimum atomic E-state index is -2.67. The first kappa shape index (κ1) is 20.1. The summed E-state index contributed by atoms with van der Waals surface area (Å²) in [5.41, 5.74) is 3.38. The molecule has 4 heteroatoms. The third-order valence-corrected chi connectivity index (χ3v) is 16.8. The van der Waals surface area contributed by atoms with Crippen LogP contribution in [0, 0.1) is 0 Å². The molecule has 0 bridgehead atoms. The van der Waals surface area contributed by atoms with E-state index in [1.807, 2.05) is 48.5 Å². The number of benzene rings is 2. The Morgan fingerprint density at radius 2 is 1.30 bits per heavy atom. The summed E-state index contributed by atoms with van der Waals surface area (Å²) >= 11 is 0. The Kier molecular flexibility index (Phi) is 5.51. The Bertz CT molecular complexity index is 945. The lowest BCUT2D eigenvalue weighted by molar-refractivity contribution is 0.680. The van der Waals surface area contributed by atoms with Gasteiger partial charge in [-0.1, -0.05) is 77.9 Å². The molecule has 1 unspecified atom stereocenters. The van der Waals surface area contributed by atoms with Gasteiger partial charge in [0.15, 0.2) is 0 Å². The van der Waals surface area contributed by atoms with E-state index in [-0.39, 0.29) is 0 Å². The fourth-order valence-corrected chi connectivity index (χ4v) is 17.5. The predicted molar refractivity (Wildman–Crippen MR) is 120 cm³/mol. The van der Waals surface area contributed by atoms with E-state index in [0.717, 1.165) is 20.7 Å². The van der Waals surface area contributed by atoms with Crippen molar-refractivity contribution in [3.8, 4) is 0 Å². The fraction of sp³-hybridized carbons (Fsp3) is 0.391. The van der Waals surface area contributed by atoms with Gasteiger partial charge in [0, 0.05) is 10.1 Å². The van der Waals surface area contributed by atoms with Crippen LogP contribution in [0.2, 0.25) is 16.6 Å². The van der Waals surface area contributed by atoms with Gasteiger partial charge >= 0.3 is 0 Å². The van der Waals surface area contributed by atoms with Gasteiger partial charge in [0.25, 0.3) is 0 Å². The molecule has 0 spiro atoms. The van der Waals surface area contributed by atoms with Crippen molar-refractivity contribution in [2.24, 2.45) is 4.36 Å². The summed E-state index contributed by atoms with van der Waals surface area (Å²) < 4.78 is 20.7. The highest BCUT2D eigenvalue weighted by Crippen LogP contribution is 2.52. The lowest BCUT2D eigenvalue weighted by Crippen LogP contribution is -2.49. The monoisotopic (exact) mass is 397 g/mol. The first-order valence-corrected chi connectivity index (χ1v) is 13.6. The molecule has 3 rings (SSSR count). The van der Waals surface area contributed by atoms with Crippen LogP contribution in [0.4, 0.5) is 5.69 Å². The number of hydrogen-bond donors (Lipinski definition) is 0. The fourth-order valence-electron chi connectivity index (χ4n) is 5.10. The van der Waals surface area contributed by atoms with Crippen molar-refractivity contribution < 1.29 is 4.21 Å². The van der Waals surface area contributed by atoms with E-state index in [9.17, 15) is 4.21 Å². The Morgan fingerprint density at radius 3 is 1.85 bits per heavy atom. The molecule has 0 fully saturated rings. The zero-order valence-corrected chi connectivity index (χ0v) is 19.1. The Morgan fingerprint density at radius 1 is 0.778 bits per heavy atom. The van der Waals surface area contributed by atoms with Gasteiger partial charge < -0.3 is 0 Å². The highest BCUT2D eigenvalue weighted by Gasteiger charge is 2.50. The second-order valence-corrected chi connectivity index (χ2v) is 16.8. The molecule has 2 aromatic carbocycles. The van der Waals surface area contributed by atoms with E-state index >= 15 is 0 Å². The van der Waals surface area contributed by atoms with Crippen LogP contribution in [0.25, 0.3) is 6.08 Å². The summed E-state index contributed by atoms with van der Waals surface area (Å²) in [5, 5.41) is 0. The van der Waals surface area contributed by atoms with Crippen molar-refractivity contribution >= 4 is 29.6 Å². The molecular formula is C23H31NOSSi. The lowest BCUT2D eigenvalue weighted by atomic mass is 10.2. The van der Waals surface area contributed by atoms with Crippen LogP contribution in [0.1, 0.15) is 47.1 Å². The van der Waals surface area contributed by atoms with Crippen molar-refractivity contribution in [2.75, 3.05) is 0 Å². The molecule has 0 aliphatic carbocycles. The molecule has 0 saturated heterocycles. The largest absolute Gasteiger partial charge is 0.240 e. The maximum Gasteiger partial charge on any atom is 0.107 e. The number of rotatable bonds is 5. The topological polar surface area (TPSA) is 29.4 Å². The molecule has 1 aliphatic rings. The first-order chi connectivity index (χ1) is 12.7. The van der Waals surface area contributed by atoms with E-state index in [1.165, 1.54) is 0 Å². The number of nitrogens with zero attached hydrogens (tertiary/aromatic N) is 1. The van der Waals surface area contributed by atoms with E-state index in [1.54, 1.807) is 0 Å². The van der Waals surface area contributed by atoms with Crippen LogP contribution in [0.15, 0.2) is 68.4 Å². The quantitative estimate of drug-likeness (QED) is 0.483. The maximum absolute atomic E-state index is 14.7. The normalized spacial score (nSPS) is 19.8. The summed E-state index contributed by atoms with van der Waals surface area (Å²) in [6.07, 6.45) is 2.24. The van der Waals surface area contributed by atoms with Crippen molar-refractivity contribution in [2.45, 2.75) is 63.1 Å². The molecule has 0 amide bonds. The van der Waals surface area contributed by atoms with Gasteiger partial charge in [-0.3, -0.25) is 0 Å². The summed E-state index contributed by atoms with van der Waals surface area (Å²) in [6, 6.07) is 18.0. The van der Waals surface area contributed by atoms with Gasteiger partial charge in [0.05, 0.1) is 10.6 Å². The number of fused-ring (bicyclic) bond motifs is 1. The zero-order chi connectivity index (χ0) is 19.8. The standard InChI is InChI=1S/C23H31NOSSi/c1-17(2)27(18(3)4,19(5)6)23-16-20-12-10-11-15-22(20)24-26(23,25)21-13-8-7-9-14-21/h7-19H,1-6H3. The number of hydrogen-bond acceptors (Lipinski definition) is 2. The summed E-state index contributed by atoms with van der Waals surface area (Å²) in [5.74, 6) is 0. The molecule has 2 nitrogen and oxygen atoms in total. The van der Waals surface area contributed by atoms with Crippen LogP contribution in [0.3, 0.4) is 0 Å². The Balaban J connectivity index is 2.43. The minimum absolute atomic E-state index is 0.480. The second kappa shape index (κ2) is 7.40. The second-order valence-electron chi connectivity index (χ2n) is 8.39. The van der Waals surface area contributed by atoms with Gasteiger partial charge in [-0.2, -0.15) is 4.36 Å². The van der Waals surface area contributed by atoms with Gasteiger partial charge in [0.2, 0.25) is 0 Å². The van der Waals surface area contributed by atoms with Crippen LogP contribution < -0.4 is 0 Å². The van der Waals surface area contributed by atoms with E-state index in [4.69, 9.17) is 4.36 Å². The minimum Gasteiger partial charge on any atom is -0.240 e. The molecule has 0 saturated carbocycles. The van der Waals surface area contributed by atoms with Gasteiger partial charge in [-0.05, 0) is 40.9 Å². The van der Waals surface area contributed by atoms with E-state index in [2.05, 4.69) is 53.7 Å². The van der Waals surface area contributed by atoms with Gasteiger partial charge in [-0.25, -0.2) is 4.21 Å². The third kappa shape index (κ3) is 3.13. The van der Waals surface area contributed by atoms with Gasteiger partial charge in [-0.15, -0.1) is 0 Å². The van der Waals surface area contributed by atoms with Crippen molar-refractivity contribution in [1.82, 2.24) is 0 Å². The maximum atomic E-state index is 14.7. The molecular weight excluding hydrogens is 366 g/mol. The molecule has 1 aliphatic heterocycles. The zero-order valence-electron chi connectivity index (χ0n) is 17.3. The molecule has 27 heavy (non-hydrogen) atoms. The average molecular weight is 398 g/mol. The smallest absolute Gasteiger partial charge is 0.107 e. The van der Waals surface area contributed by atoms with Crippen molar-refractivity contribution in [3.63, 3.8) is 0 Å². The average Bonchev–Trinajstić information content (AvgIpc) is 2.62. The van der Waals surface area contributed by atoms with E-state index in [0.29, 0.717) is 16.6 Å². The van der Waals surface area contributed by atoms with E-state index < -0.39 is 17.8 Å². The molecule has 0 N–H and O–H groups in total. The highest BCUT2D eigenvalue weighted by atomic mass is 32.2. The third-order valence-electron chi connectivity index (χ3n) is 6.10. The molecule has 1 heterocycles. The molecule has 1 atom stereocenters. The van der Waals surface area contributed by atoms with Crippen LogP contribution in [-0.2, 0) is 9.73 Å². The molecule has 2 aromatic rings. The predicted octanol–water partition coefficient (Wildman–Crippen LogP) is 7.42.